The third-order valence-corrected chi connectivity index (χ3v) is 3.22. The summed E-state index contributed by atoms with van der Waals surface area (Å²) in [5, 5.41) is 3.45. The molecule has 0 aliphatic rings. The average Bonchev–Trinajstić information content (AvgIpc) is 2.87. The molecule has 0 bridgehead atoms. The van der Waals surface area contributed by atoms with Crippen LogP contribution < -0.4 is 5.32 Å². The lowest BCUT2D eigenvalue weighted by molar-refractivity contribution is 0.555. The fourth-order valence-corrected chi connectivity index (χ4v) is 2.24. The van der Waals surface area contributed by atoms with Crippen LogP contribution in [0, 0.1) is 6.92 Å². The van der Waals surface area contributed by atoms with Crippen molar-refractivity contribution in [3.63, 3.8) is 0 Å². The molecule has 18 heavy (non-hydrogen) atoms. The van der Waals surface area contributed by atoms with Crippen molar-refractivity contribution in [2.24, 2.45) is 0 Å². The van der Waals surface area contributed by atoms with E-state index in [-0.39, 0.29) is 0 Å². The largest absolute Gasteiger partial charge is 0.472 e. The van der Waals surface area contributed by atoms with Crippen molar-refractivity contribution >= 4 is 0 Å². The van der Waals surface area contributed by atoms with E-state index in [4.69, 9.17) is 4.42 Å². The number of furan rings is 1. The van der Waals surface area contributed by atoms with E-state index in [0.717, 1.165) is 19.5 Å². The molecule has 2 nitrogen and oxygen atoms in total. The summed E-state index contributed by atoms with van der Waals surface area (Å²) in [5.74, 6) is 0.502. The van der Waals surface area contributed by atoms with Crippen LogP contribution in [-0.2, 0) is 6.42 Å². The summed E-state index contributed by atoms with van der Waals surface area (Å²) >= 11 is 0. The van der Waals surface area contributed by atoms with Crippen molar-refractivity contribution in [2.45, 2.75) is 26.2 Å². The van der Waals surface area contributed by atoms with Gasteiger partial charge in [0.15, 0.2) is 0 Å². The first-order valence-electron chi connectivity index (χ1n) is 6.58. The Balaban J connectivity index is 2.13. The second kappa shape index (κ2) is 6.41. The van der Waals surface area contributed by atoms with Gasteiger partial charge in [0, 0.05) is 12.5 Å². The van der Waals surface area contributed by atoms with Gasteiger partial charge in [-0.25, -0.2) is 0 Å². The third-order valence-electron chi connectivity index (χ3n) is 3.22. The Hall–Kier alpha value is -1.54. The molecule has 1 N–H and O–H groups in total. The first kappa shape index (κ1) is 12.9. The van der Waals surface area contributed by atoms with Crippen molar-refractivity contribution in [3.8, 4) is 0 Å². The Morgan fingerprint density at radius 3 is 2.83 bits per heavy atom. The Kier molecular flexibility index (Phi) is 4.59. The van der Waals surface area contributed by atoms with Gasteiger partial charge in [0.05, 0.1) is 12.5 Å². The fourth-order valence-electron chi connectivity index (χ4n) is 2.24. The van der Waals surface area contributed by atoms with Crippen molar-refractivity contribution in [2.75, 3.05) is 13.1 Å². The maximum absolute atomic E-state index is 5.16. The van der Waals surface area contributed by atoms with Crippen molar-refractivity contribution in [3.05, 3.63) is 59.5 Å². The van der Waals surface area contributed by atoms with Gasteiger partial charge in [-0.3, -0.25) is 0 Å². The van der Waals surface area contributed by atoms with E-state index in [1.807, 2.05) is 6.26 Å². The normalized spacial score (nSPS) is 12.6. The van der Waals surface area contributed by atoms with Gasteiger partial charge in [-0.05, 0) is 37.1 Å². The van der Waals surface area contributed by atoms with E-state index in [0.29, 0.717) is 5.92 Å². The van der Waals surface area contributed by atoms with Crippen LogP contribution in [-0.4, -0.2) is 13.1 Å². The zero-order valence-electron chi connectivity index (χ0n) is 11.1. The second-order valence-electron chi connectivity index (χ2n) is 4.75. The SMILES string of the molecule is CCNCC(Cc1ccoc1)c1cccc(C)c1. The van der Waals surface area contributed by atoms with Gasteiger partial charge >= 0.3 is 0 Å². The van der Waals surface area contributed by atoms with Crippen LogP contribution in [0.25, 0.3) is 0 Å². The van der Waals surface area contributed by atoms with Crippen LogP contribution in [0.15, 0.2) is 47.3 Å². The van der Waals surface area contributed by atoms with Gasteiger partial charge in [0.2, 0.25) is 0 Å². The molecule has 2 heteroatoms. The third kappa shape index (κ3) is 3.47. The monoisotopic (exact) mass is 243 g/mol. The fraction of sp³-hybridized carbons (Fsp3) is 0.375. The lowest BCUT2D eigenvalue weighted by Gasteiger charge is -2.17. The molecule has 1 aromatic carbocycles. The molecular weight excluding hydrogens is 222 g/mol. The van der Waals surface area contributed by atoms with Crippen LogP contribution in [0.3, 0.4) is 0 Å². The second-order valence-corrected chi connectivity index (χ2v) is 4.75. The minimum Gasteiger partial charge on any atom is -0.472 e. The summed E-state index contributed by atoms with van der Waals surface area (Å²) in [6.07, 6.45) is 4.61. The quantitative estimate of drug-likeness (QED) is 0.839. The number of rotatable bonds is 6. The molecule has 0 spiro atoms. The van der Waals surface area contributed by atoms with Gasteiger partial charge < -0.3 is 9.73 Å². The van der Waals surface area contributed by atoms with Gasteiger partial charge in [-0.2, -0.15) is 0 Å². The molecule has 0 fully saturated rings. The number of likely N-dealkylation sites (N-methyl/N-ethyl adjacent to an activating group) is 1. The predicted octanol–water partition coefficient (Wildman–Crippen LogP) is 3.52. The molecule has 1 atom stereocenters. The Labute approximate surface area is 109 Å². The summed E-state index contributed by atoms with van der Waals surface area (Å²) < 4.78 is 5.16. The van der Waals surface area contributed by atoms with Gasteiger partial charge in [-0.15, -0.1) is 0 Å². The molecule has 0 saturated heterocycles. The molecule has 0 aliphatic heterocycles. The molecular formula is C16H21NO. The highest BCUT2D eigenvalue weighted by atomic mass is 16.3. The highest BCUT2D eigenvalue weighted by Gasteiger charge is 2.12. The molecule has 1 aromatic heterocycles. The summed E-state index contributed by atoms with van der Waals surface area (Å²) in [6, 6.07) is 10.8. The molecule has 2 rings (SSSR count). The molecule has 0 saturated carbocycles. The molecule has 96 valence electrons. The first-order chi connectivity index (χ1) is 8.79. The summed E-state index contributed by atoms with van der Waals surface area (Å²) in [6.45, 7) is 6.30. The highest BCUT2D eigenvalue weighted by Crippen LogP contribution is 2.21. The lowest BCUT2D eigenvalue weighted by Crippen LogP contribution is -2.22. The number of aryl methyl sites for hydroxylation is 1. The zero-order chi connectivity index (χ0) is 12.8. The van der Waals surface area contributed by atoms with Gasteiger partial charge in [0.1, 0.15) is 0 Å². The number of nitrogens with one attached hydrogen (secondary N) is 1. The minimum atomic E-state index is 0.502. The molecule has 2 aromatic rings. The number of hydrogen-bond acceptors (Lipinski definition) is 2. The molecule has 0 amide bonds. The maximum Gasteiger partial charge on any atom is 0.0934 e. The first-order valence-corrected chi connectivity index (χ1v) is 6.58. The minimum absolute atomic E-state index is 0.502. The van der Waals surface area contributed by atoms with Crippen LogP contribution >= 0.6 is 0 Å². The van der Waals surface area contributed by atoms with Gasteiger partial charge in [0.25, 0.3) is 0 Å². The van der Waals surface area contributed by atoms with Crippen molar-refractivity contribution in [1.82, 2.24) is 5.32 Å². The average molecular weight is 243 g/mol. The Morgan fingerprint density at radius 1 is 1.28 bits per heavy atom. The number of benzene rings is 1. The predicted molar refractivity (Wildman–Crippen MR) is 74.9 cm³/mol. The Morgan fingerprint density at radius 2 is 2.17 bits per heavy atom. The van der Waals surface area contributed by atoms with Crippen LogP contribution in [0.2, 0.25) is 0 Å². The molecule has 1 heterocycles. The van der Waals surface area contributed by atoms with Crippen LogP contribution in [0.1, 0.15) is 29.5 Å². The van der Waals surface area contributed by atoms with Crippen LogP contribution in [0.5, 0.6) is 0 Å². The zero-order valence-corrected chi connectivity index (χ0v) is 11.1. The highest BCUT2D eigenvalue weighted by molar-refractivity contribution is 5.27. The molecule has 1 unspecified atom stereocenters. The van der Waals surface area contributed by atoms with E-state index in [1.54, 1.807) is 6.26 Å². The molecule has 0 aliphatic carbocycles. The Bertz CT molecular complexity index is 462. The van der Waals surface area contributed by atoms with E-state index in [9.17, 15) is 0 Å². The topological polar surface area (TPSA) is 25.2 Å². The van der Waals surface area contributed by atoms with E-state index in [2.05, 4.69) is 49.5 Å². The van der Waals surface area contributed by atoms with E-state index >= 15 is 0 Å². The lowest BCUT2D eigenvalue weighted by atomic mass is 9.92. The van der Waals surface area contributed by atoms with Crippen molar-refractivity contribution in [1.29, 1.82) is 0 Å². The van der Waals surface area contributed by atoms with E-state index in [1.165, 1.54) is 16.7 Å². The summed E-state index contributed by atoms with van der Waals surface area (Å²) in [7, 11) is 0. The van der Waals surface area contributed by atoms with Crippen LogP contribution in [0.4, 0.5) is 0 Å². The summed E-state index contributed by atoms with van der Waals surface area (Å²) in [5.41, 5.74) is 3.98. The van der Waals surface area contributed by atoms with E-state index < -0.39 is 0 Å². The van der Waals surface area contributed by atoms with Crippen molar-refractivity contribution < 1.29 is 4.42 Å². The number of hydrogen-bond donors (Lipinski definition) is 1. The summed E-state index contributed by atoms with van der Waals surface area (Å²) in [4.78, 5) is 0. The van der Waals surface area contributed by atoms with Gasteiger partial charge in [-0.1, -0.05) is 36.8 Å². The standard InChI is InChI=1S/C16H21NO/c1-3-17-11-16(10-14-7-8-18-12-14)15-6-4-5-13(2)9-15/h4-9,12,16-17H,3,10-11H2,1-2H3. The molecule has 0 radical (unpaired) electrons. The maximum atomic E-state index is 5.16. The smallest absolute Gasteiger partial charge is 0.0934 e.